The Morgan fingerprint density at radius 2 is 1.84 bits per heavy atom. The zero-order valence-electron chi connectivity index (χ0n) is 18.1. The zero-order chi connectivity index (χ0) is 22.3. The van der Waals surface area contributed by atoms with Gasteiger partial charge in [0.2, 0.25) is 0 Å². The number of hydrogen-bond donors (Lipinski definition) is 1. The molecule has 1 N–H and O–H groups in total. The van der Waals surface area contributed by atoms with E-state index in [2.05, 4.69) is 22.4 Å². The highest BCUT2D eigenvalue weighted by molar-refractivity contribution is 6.02. The summed E-state index contributed by atoms with van der Waals surface area (Å²) in [5.74, 6) is 0.925. The Balaban J connectivity index is 1.47. The Kier molecular flexibility index (Phi) is 6.60. The van der Waals surface area contributed by atoms with Gasteiger partial charge in [0, 0.05) is 17.1 Å². The Morgan fingerprint density at radius 3 is 2.72 bits per heavy atom. The zero-order valence-corrected chi connectivity index (χ0v) is 18.1. The third kappa shape index (κ3) is 4.86. The molecule has 4 aromatic rings. The lowest BCUT2D eigenvalue weighted by molar-refractivity contribution is -0.123. The highest BCUT2D eigenvalue weighted by Crippen LogP contribution is 2.28. The predicted octanol–water partition coefficient (Wildman–Crippen LogP) is 5.09. The molecule has 162 valence electrons. The van der Waals surface area contributed by atoms with Crippen molar-refractivity contribution in [3.8, 4) is 11.5 Å². The number of carbonyl (C=O) groups is 1. The summed E-state index contributed by atoms with van der Waals surface area (Å²) in [5.41, 5.74) is 4.08. The van der Waals surface area contributed by atoms with Crippen molar-refractivity contribution in [1.82, 2.24) is 10.4 Å². The van der Waals surface area contributed by atoms with Crippen molar-refractivity contribution in [1.29, 1.82) is 0 Å². The fourth-order valence-corrected chi connectivity index (χ4v) is 3.35. The summed E-state index contributed by atoms with van der Waals surface area (Å²) in [7, 11) is 0. The average molecular weight is 428 g/mol. The highest BCUT2D eigenvalue weighted by atomic mass is 16.5. The molecule has 0 unspecified atom stereocenters. The van der Waals surface area contributed by atoms with Crippen molar-refractivity contribution < 1.29 is 14.3 Å². The number of para-hydroxylation sites is 1. The molecule has 32 heavy (non-hydrogen) atoms. The first-order valence-electron chi connectivity index (χ1n) is 10.6. The van der Waals surface area contributed by atoms with E-state index in [-0.39, 0.29) is 18.6 Å². The molecule has 0 aliphatic rings. The Bertz CT molecular complexity index is 1260. The van der Waals surface area contributed by atoms with Crippen LogP contribution in [0.1, 0.15) is 25.8 Å². The number of hydrazone groups is 1. The lowest BCUT2D eigenvalue weighted by Gasteiger charge is -2.16. The van der Waals surface area contributed by atoms with Crippen LogP contribution in [0.15, 0.2) is 78.0 Å². The Morgan fingerprint density at radius 1 is 1.03 bits per heavy atom. The summed E-state index contributed by atoms with van der Waals surface area (Å²) in [5, 5.41) is 7.19. The summed E-state index contributed by atoms with van der Waals surface area (Å²) in [6.07, 6.45) is 4.28. The van der Waals surface area contributed by atoms with Gasteiger partial charge in [0.25, 0.3) is 5.91 Å². The van der Waals surface area contributed by atoms with E-state index in [9.17, 15) is 4.79 Å². The van der Waals surface area contributed by atoms with Gasteiger partial charge in [0.15, 0.2) is 6.61 Å². The van der Waals surface area contributed by atoms with Crippen LogP contribution in [0, 0.1) is 0 Å². The first-order valence-corrected chi connectivity index (χ1v) is 10.6. The van der Waals surface area contributed by atoms with Gasteiger partial charge < -0.3 is 9.47 Å². The fraction of sp³-hybridized carbons (Fsp3) is 0.192. The van der Waals surface area contributed by atoms with Crippen molar-refractivity contribution in [2.24, 2.45) is 5.10 Å². The normalized spacial score (nSPS) is 12.2. The maximum Gasteiger partial charge on any atom is 0.277 e. The molecule has 0 bridgehead atoms. The molecule has 1 heterocycles. The van der Waals surface area contributed by atoms with Gasteiger partial charge in [0.05, 0.1) is 12.3 Å². The number of amides is 1. The molecule has 0 aliphatic carbocycles. The lowest BCUT2D eigenvalue weighted by Crippen LogP contribution is -2.24. The first kappa shape index (κ1) is 21.3. The smallest absolute Gasteiger partial charge is 0.277 e. The van der Waals surface area contributed by atoms with Crippen LogP contribution < -0.4 is 14.9 Å². The third-order valence-electron chi connectivity index (χ3n) is 5.17. The standard InChI is InChI=1S/C26H25N3O3/c1-3-18(2)32-23-14-13-19-8-4-5-11-21(19)22(23)16-28-29-25(30)17-31-24-12-6-9-20-10-7-15-27-26(20)24/h4-16,18H,3,17H2,1-2H3,(H,29,30)/b28-16+/t18-/m0/s1. The Hall–Kier alpha value is -3.93. The molecule has 0 fully saturated rings. The highest BCUT2D eigenvalue weighted by Gasteiger charge is 2.10. The SMILES string of the molecule is CC[C@H](C)Oc1ccc2ccccc2c1/C=N/NC(=O)COc1cccc2cccnc12. The minimum atomic E-state index is -0.362. The minimum Gasteiger partial charge on any atom is -0.490 e. The van der Waals surface area contributed by atoms with E-state index in [4.69, 9.17) is 9.47 Å². The fourth-order valence-electron chi connectivity index (χ4n) is 3.35. The molecule has 1 atom stereocenters. The van der Waals surface area contributed by atoms with Crippen molar-refractivity contribution >= 4 is 33.8 Å². The van der Waals surface area contributed by atoms with Crippen LogP contribution in [0.2, 0.25) is 0 Å². The molecular formula is C26H25N3O3. The number of aromatic nitrogens is 1. The molecule has 0 radical (unpaired) electrons. The maximum atomic E-state index is 12.3. The number of nitrogens with zero attached hydrogens (tertiary/aromatic N) is 2. The van der Waals surface area contributed by atoms with Gasteiger partial charge in [-0.1, -0.05) is 55.5 Å². The lowest BCUT2D eigenvalue weighted by atomic mass is 10.0. The number of carbonyl (C=O) groups excluding carboxylic acids is 1. The van der Waals surface area contributed by atoms with Gasteiger partial charge in [0.1, 0.15) is 17.0 Å². The molecule has 0 aliphatic heterocycles. The first-order chi connectivity index (χ1) is 15.7. The van der Waals surface area contributed by atoms with Gasteiger partial charge in [-0.25, -0.2) is 5.43 Å². The molecule has 6 nitrogen and oxygen atoms in total. The Labute approximate surface area is 186 Å². The number of pyridine rings is 1. The van der Waals surface area contributed by atoms with Crippen LogP contribution in [0.25, 0.3) is 21.7 Å². The summed E-state index contributed by atoms with van der Waals surface area (Å²) in [6, 6.07) is 21.4. The van der Waals surface area contributed by atoms with Gasteiger partial charge in [-0.15, -0.1) is 0 Å². The third-order valence-corrected chi connectivity index (χ3v) is 5.17. The van der Waals surface area contributed by atoms with Crippen LogP contribution in [0.5, 0.6) is 11.5 Å². The van der Waals surface area contributed by atoms with Crippen molar-refractivity contribution in [2.75, 3.05) is 6.61 Å². The summed E-state index contributed by atoms with van der Waals surface area (Å²) in [6.45, 7) is 3.93. The monoisotopic (exact) mass is 427 g/mol. The molecule has 3 aromatic carbocycles. The van der Waals surface area contributed by atoms with Gasteiger partial charge in [-0.05, 0) is 42.3 Å². The van der Waals surface area contributed by atoms with Gasteiger partial charge in [-0.2, -0.15) is 5.10 Å². The topological polar surface area (TPSA) is 72.8 Å². The van der Waals surface area contributed by atoms with E-state index in [1.165, 1.54) is 0 Å². The molecule has 1 aromatic heterocycles. The van der Waals surface area contributed by atoms with E-state index in [0.717, 1.165) is 33.9 Å². The van der Waals surface area contributed by atoms with E-state index < -0.39 is 0 Å². The maximum absolute atomic E-state index is 12.3. The summed E-state index contributed by atoms with van der Waals surface area (Å²) < 4.78 is 11.7. The molecular weight excluding hydrogens is 402 g/mol. The van der Waals surface area contributed by atoms with Crippen LogP contribution in [-0.4, -0.2) is 29.8 Å². The summed E-state index contributed by atoms with van der Waals surface area (Å²) in [4.78, 5) is 16.6. The number of benzene rings is 3. The van der Waals surface area contributed by atoms with Crippen molar-refractivity contribution in [3.05, 3.63) is 78.5 Å². The second-order valence-electron chi connectivity index (χ2n) is 7.45. The number of nitrogens with one attached hydrogen (secondary N) is 1. The van der Waals surface area contributed by atoms with Crippen molar-refractivity contribution in [2.45, 2.75) is 26.4 Å². The van der Waals surface area contributed by atoms with Crippen LogP contribution in [-0.2, 0) is 4.79 Å². The van der Waals surface area contributed by atoms with E-state index in [0.29, 0.717) is 11.3 Å². The predicted molar refractivity (Wildman–Crippen MR) is 127 cm³/mol. The minimum absolute atomic E-state index is 0.0700. The van der Waals surface area contributed by atoms with Crippen molar-refractivity contribution in [3.63, 3.8) is 0 Å². The molecule has 0 saturated heterocycles. The van der Waals surface area contributed by atoms with E-state index in [1.807, 2.05) is 67.6 Å². The average Bonchev–Trinajstić information content (AvgIpc) is 2.83. The number of ether oxygens (including phenoxy) is 2. The molecule has 6 heteroatoms. The largest absolute Gasteiger partial charge is 0.490 e. The van der Waals surface area contributed by atoms with Crippen LogP contribution in [0.4, 0.5) is 0 Å². The van der Waals surface area contributed by atoms with Crippen LogP contribution >= 0.6 is 0 Å². The summed E-state index contributed by atoms with van der Waals surface area (Å²) >= 11 is 0. The second kappa shape index (κ2) is 9.92. The molecule has 0 saturated carbocycles. The molecule has 4 rings (SSSR count). The second-order valence-corrected chi connectivity index (χ2v) is 7.45. The van der Waals surface area contributed by atoms with Crippen LogP contribution in [0.3, 0.4) is 0 Å². The number of rotatable bonds is 8. The number of hydrogen-bond acceptors (Lipinski definition) is 5. The van der Waals surface area contributed by atoms with E-state index in [1.54, 1.807) is 18.5 Å². The quantitative estimate of drug-likeness (QED) is 0.314. The van der Waals surface area contributed by atoms with E-state index >= 15 is 0 Å². The van der Waals surface area contributed by atoms with Gasteiger partial charge in [-0.3, -0.25) is 9.78 Å². The molecule has 1 amide bonds. The van der Waals surface area contributed by atoms with Gasteiger partial charge >= 0.3 is 0 Å². The number of fused-ring (bicyclic) bond motifs is 2. The molecule has 0 spiro atoms.